The normalized spacial score (nSPS) is 14.4. The number of nitrogens with one attached hydrogen (secondary N) is 2. The monoisotopic (exact) mass is 345 g/mol. The van der Waals surface area contributed by atoms with Crippen molar-refractivity contribution in [3.05, 3.63) is 52.0 Å². The van der Waals surface area contributed by atoms with Crippen molar-refractivity contribution >= 4 is 17.5 Å². The van der Waals surface area contributed by atoms with Crippen LogP contribution in [0.4, 0.5) is 0 Å². The van der Waals surface area contributed by atoms with Crippen LogP contribution in [0.3, 0.4) is 0 Å². The number of amides is 1. The van der Waals surface area contributed by atoms with Gasteiger partial charge in [0.2, 0.25) is 0 Å². The van der Waals surface area contributed by atoms with Gasteiger partial charge in [0.15, 0.2) is 5.82 Å². The zero-order valence-electron chi connectivity index (χ0n) is 13.8. The number of nitrogens with zero attached hydrogens (tertiary/aromatic N) is 3. The molecule has 126 valence electrons. The summed E-state index contributed by atoms with van der Waals surface area (Å²) in [5, 5.41) is 10.9. The molecule has 3 heterocycles. The Morgan fingerprint density at radius 3 is 2.92 bits per heavy atom. The Hall–Kier alpha value is -2.18. The number of pyridine rings is 1. The molecule has 7 heteroatoms. The van der Waals surface area contributed by atoms with E-state index in [9.17, 15) is 4.79 Å². The van der Waals surface area contributed by atoms with Crippen LogP contribution in [0, 0.1) is 13.8 Å². The lowest BCUT2D eigenvalue weighted by Crippen LogP contribution is -2.30. The third-order valence-electron chi connectivity index (χ3n) is 3.91. The minimum Gasteiger partial charge on any atom is -0.347 e. The lowest BCUT2D eigenvalue weighted by atomic mass is 10.1. The van der Waals surface area contributed by atoms with Gasteiger partial charge in [0.05, 0.1) is 10.7 Å². The summed E-state index contributed by atoms with van der Waals surface area (Å²) < 4.78 is 1.71. The van der Waals surface area contributed by atoms with Crippen molar-refractivity contribution in [2.45, 2.75) is 20.3 Å². The van der Waals surface area contributed by atoms with E-state index in [-0.39, 0.29) is 11.6 Å². The summed E-state index contributed by atoms with van der Waals surface area (Å²) in [5.41, 5.74) is 3.28. The average Bonchev–Trinajstić information content (AvgIpc) is 2.92. The summed E-state index contributed by atoms with van der Waals surface area (Å²) in [6.07, 6.45) is 3.04. The Labute approximate surface area is 145 Å². The molecule has 0 aromatic carbocycles. The van der Waals surface area contributed by atoms with E-state index >= 15 is 0 Å². The first-order valence-corrected chi connectivity index (χ1v) is 8.29. The summed E-state index contributed by atoms with van der Waals surface area (Å²) in [5.74, 6) is 0.305. The van der Waals surface area contributed by atoms with Gasteiger partial charge in [-0.15, -0.1) is 0 Å². The molecule has 0 saturated heterocycles. The molecule has 24 heavy (non-hydrogen) atoms. The lowest BCUT2D eigenvalue weighted by Gasteiger charge is -2.15. The minimum atomic E-state index is -0.275. The first-order valence-electron chi connectivity index (χ1n) is 7.91. The van der Waals surface area contributed by atoms with Crippen LogP contribution >= 0.6 is 11.6 Å². The highest BCUT2D eigenvalue weighted by molar-refractivity contribution is 6.33. The van der Waals surface area contributed by atoms with Gasteiger partial charge in [-0.25, -0.2) is 9.67 Å². The lowest BCUT2D eigenvalue weighted by molar-refractivity contribution is 0.0951. The summed E-state index contributed by atoms with van der Waals surface area (Å²) in [4.78, 5) is 16.9. The Bertz CT molecular complexity index is 796. The largest absolute Gasteiger partial charge is 0.347 e. The van der Waals surface area contributed by atoms with Crippen LogP contribution < -0.4 is 10.6 Å². The maximum Gasteiger partial charge on any atom is 0.271 e. The molecular weight excluding hydrogens is 326 g/mol. The van der Waals surface area contributed by atoms with Crippen molar-refractivity contribution in [1.29, 1.82) is 0 Å². The number of aryl methyl sites for hydroxylation is 2. The molecule has 0 bridgehead atoms. The number of hydrogen-bond donors (Lipinski definition) is 2. The van der Waals surface area contributed by atoms with Crippen LogP contribution in [0.15, 0.2) is 29.8 Å². The topological polar surface area (TPSA) is 71.8 Å². The minimum absolute atomic E-state index is 0.219. The molecule has 2 aromatic rings. The van der Waals surface area contributed by atoms with E-state index in [1.54, 1.807) is 16.8 Å². The zero-order chi connectivity index (χ0) is 17.1. The number of aromatic nitrogens is 3. The molecule has 0 atom stereocenters. The summed E-state index contributed by atoms with van der Waals surface area (Å²) in [6, 6.07) is 5.40. The Balaban J connectivity index is 1.79. The van der Waals surface area contributed by atoms with Gasteiger partial charge in [0.25, 0.3) is 5.91 Å². The number of halogens is 1. The van der Waals surface area contributed by atoms with Crippen LogP contribution in [0.25, 0.3) is 5.82 Å². The standard InChI is InChI=1S/C17H20ClN5O/c1-11-9-12(2)23(22-11)15-4-3-14(18)16(21-15)17(24)20-10-13-5-7-19-8-6-13/h3-5,9,19H,6-8,10H2,1-2H3,(H,20,24). The predicted molar refractivity (Wildman–Crippen MR) is 93.7 cm³/mol. The highest BCUT2D eigenvalue weighted by Gasteiger charge is 2.15. The van der Waals surface area contributed by atoms with Crippen molar-refractivity contribution in [3.63, 3.8) is 0 Å². The van der Waals surface area contributed by atoms with Gasteiger partial charge in [-0.3, -0.25) is 4.79 Å². The molecule has 3 rings (SSSR count). The molecule has 0 radical (unpaired) electrons. The fourth-order valence-corrected chi connectivity index (χ4v) is 2.87. The van der Waals surface area contributed by atoms with Crippen molar-refractivity contribution in [3.8, 4) is 5.82 Å². The van der Waals surface area contributed by atoms with Crippen molar-refractivity contribution in [2.24, 2.45) is 0 Å². The molecule has 0 saturated carbocycles. The molecular formula is C17H20ClN5O. The molecule has 1 aliphatic heterocycles. The quantitative estimate of drug-likeness (QED) is 0.833. The first-order chi connectivity index (χ1) is 11.5. The number of carbonyl (C=O) groups excluding carboxylic acids is 1. The SMILES string of the molecule is Cc1cc(C)n(-c2ccc(Cl)c(C(=O)NCC3=CCNCC3)n2)n1. The Morgan fingerprint density at radius 1 is 1.42 bits per heavy atom. The Kier molecular flexibility index (Phi) is 4.97. The van der Waals surface area contributed by atoms with Gasteiger partial charge in [0, 0.05) is 18.8 Å². The van der Waals surface area contributed by atoms with E-state index in [1.165, 1.54) is 5.57 Å². The average molecular weight is 346 g/mol. The summed E-state index contributed by atoms with van der Waals surface area (Å²) in [6.45, 7) is 6.16. The van der Waals surface area contributed by atoms with Gasteiger partial charge in [-0.05, 0) is 45.0 Å². The third kappa shape index (κ3) is 3.66. The van der Waals surface area contributed by atoms with Crippen molar-refractivity contribution in [2.75, 3.05) is 19.6 Å². The van der Waals surface area contributed by atoms with E-state index in [4.69, 9.17) is 11.6 Å². The molecule has 2 aromatic heterocycles. The molecule has 0 fully saturated rings. The van der Waals surface area contributed by atoms with E-state index in [1.807, 2.05) is 19.9 Å². The van der Waals surface area contributed by atoms with Gasteiger partial charge in [-0.2, -0.15) is 5.10 Å². The molecule has 2 N–H and O–H groups in total. The Morgan fingerprint density at radius 2 is 2.25 bits per heavy atom. The second-order valence-electron chi connectivity index (χ2n) is 5.84. The van der Waals surface area contributed by atoms with Crippen molar-refractivity contribution < 1.29 is 4.79 Å². The van der Waals surface area contributed by atoms with Crippen LogP contribution in [-0.4, -0.2) is 40.3 Å². The van der Waals surface area contributed by atoms with Gasteiger partial charge >= 0.3 is 0 Å². The molecule has 6 nitrogen and oxygen atoms in total. The number of rotatable bonds is 4. The first kappa shape index (κ1) is 16.7. The number of carbonyl (C=O) groups is 1. The zero-order valence-corrected chi connectivity index (χ0v) is 14.5. The predicted octanol–water partition coefficient (Wildman–Crippen LogP) is 2.19. The highest BCUT2D eigenvalue weighted by atomic mass is 35.5. The van der Waals surface area contributed by atoms with Crippen LogP contribution in [-0.2, 0) is 0 Å². The van der Waals surface area contributed by atoms with Crippen LogP contribution in [0.1, 0.15) is 28.3 Å². The fraction of sp³-hybridized carbons (Fsp3) is 0.353. The fourth-order valence-electron chi connectivity index (χ4n) is 2.68. The van der Waals surface area contributed by atoms with E-state index in [2.05, 4.69) is 26.8 Å². The van der Waals surface area contributed by atoms with Gasteiger partial charge in [0.1, 0.15) is 5.69 Å². The second-order valence-corrected chi connectivity index (χ2v) is 6.25. The smallest absolute Gasteiger partial charge is 0.271 e. The molecule has 1 aliphatic rings. The summed E-state index contributed by atoms with van der Waals surface area (Å²) in [7, 11) is 0. The van der Waals surface area contributed by atoms with Gasteiger partial charge < -0.3 is 10.6 Å². The molecule has 0 aliphatic carbocycles. The molecule has 0 unspecified atom stereocenters. The maximum absolute atomic E-state index is 12.5. The highest BCUT2D eigenvalue weighted by Crippen LogP contribution is 2.18. The van der Waals surface area contributed by atoms with Crippen molar-refractivity contribution in [1.82, 2.24) is 25.4 Å². The summed E-state index contributed by atoms with van der Waals surface area (Å²) >= 11 is 6.17. The van der Waals surface area contributed by atoms with E-state index in [0.29, 0.717) is 17.4 Å². The van der Waals surface area contributed by atoms with Crippen LogP contribution in [0.5, 0.6) is 0 Å². The van der Waals surface area contributed by atoms with E-state index < -0.39 is 0 Å². The van der Waals surface area contributed by atoms with Crippen LogP contribution in [0.2, 0.25) is 5.02 Å². The third-order valence-corrected chi connectivity index (χ3v) is 4.21. The van der Waals surface area contributed by atoms with Gasteiger partial charge in [-0.1, -0.05) is 23.3 Å². The second kappa shape index (κ2) is 7.15. The number of hydrogen-bond acceptors (Lipinski definition) is 4. The maximum atomic E-state index is 12.5. The molecule has 0 spiro atoms. The van der Waals surface area contributed by atoms with E-state index in [0.717, 1.165) is 30.9 Å². The molecule has 1 amide bonds.